The number of carbonyl (C=O) groups is 1. The Morgan fingerprint density at radius 3 is 2.58 bits per heavy atom. The second kappa shape index (κ2) is 5.93. The largest absolute Gasteiger partial charge is 0.334 e. The van der Waals surface area contributed by atoms with Gasteiger partial charge < -0.3 is 5.32 Å². The molecule has 0 aromatic carbocycles. The Morgan fingerprint density at radius 1 is 1.53 bits per heavy atom. The summed E-state index contributed by atoms with van der Waals surface area (Å²) in [5.74, 6) is 0. The van der Waals surface area contributed by atoms with Crippen LogP contribution in [-0.4, -0.2) is 17.1 Å². The Kier molecular flexibility index (Phi) is 4.78. The lowest BCUT2D eigenvalue weighted by Crippen LogP contribution is -2.45. The molecule has 0 aliphatic rings. The van der Waals surface area contributed by atoms with Gasteiger partial charge in [0.2, 0.25) is 0 Å². The van der Waals surface area contributed by atoms with Crippen molar-refractivity contribution in [3.05, 3.63) is 24.0 Å². The van der Waals surface area contributed by atoms with Crippen molar-refractivity contribution in [2.45, 2.75) is 33.7 Å². The molecule has 1 aromatic heterocycles. The molecule has 1 N–H and O–H groups in total. The molecule has 0 saturated carbocycles. The van der Waals surface area contributed by atoms with E-state index in [1.807, 2.05) is 33.8 Å². The van der Waals surface area contributed by atoms with Crippen LogP contribution in [0.25, 0.3) is 0 Å². The molecule has 1 unspecified atom stereocenters. The van der Waals surface area contributed by atoms with Gasteiger partial charge in [0.25, 0.3) is 0 Å². The van der Waals surface area contributed by atoms with Crippen LogP contribution >= 0.6 is 12.8 Å². The Hall–Kier alpha value is -1.74. The van der Waals surface area contributed by atoms with Crippen molar-refractivity contribution in [2.24, 2.45) is 5.41 Å². The van der Waals surface area contributed by atoms with Crippen molar-refractivity contribution in [2.75, 3.05) is 4.31 Å². The molecule has 0 radical (unpaired) electrons. The second-order valence-electron chi connectivity index (χ2n) is 5.36. The number of amides is 2. The number of nitrogens with one attached hydrogen (secondary N) is 1. The first-order chi connectivity index (χ1) is 8.75. The number of aromatic nitrogens is 1. The molecule has 6 heteroatoms. The van der Waals surface area contributed by atoms with E-state index in [1.54, 1.807) is 12.1 Å². The van der Waals surface area contributed by atoms with Crippen molar-refractivity contribution >= 4 is 24.5 Å². The zero-order valence-electron chi connectivity index (χ0n) is 11.5. The summed E-state index contributed by atoms with van der Waals surface area (Å²) in [5, 5.41) is 11.5. The molecule has 1 rings (SSSR count). The number of thiol groups is 1. The monoisotopic (exact) mass is 278 g/mol. The van der Waals surface area contributed by atoms with E-state index >= 15 is 0 Å². The van der Waals surface area contributed by atoms with Gasteiger partial charge in [-0.25, -0.2) is 14.1 Å². The van der Waals surface area contributed by atoms with Crippen molar-refractivity contribution in [3.63, 3.8) is 0 Å². The molecule has 0 aliphatic heterocycles. The molecule has 0 fully saturated rings. The van der Waals surface area contributed by atoms with Crippen molar-refractivity contribution in [1.29, 1.82) is 5.26 Å². The smallest absolute Gasteiger partial charge is 0.332 e. The average molecular weight is 278 g/mol. The molecular formula is C13H18N4OS. The molecule has 2 amide bonds. The third kappa shape index (κ3) is 4.14. The van der Waals surface area contributed by atoms with E-state index < -0.39 is 0 Å². The molecular weight excluding hydrogens is 260 g/mol. The van der Waals surface area contributed by atoms with Crippen LogP contribution in [-0.2, 0) is 0 Å². The molecule has 0 bridgehead atoms. The number of anilines is 1. The number of pyridine rings is 1. The summed E-state index contributed by atoms with van der Waals surface area (Å²) in [6, 6.07) is 4.76. The van der Waals surface area contributed by atoms with Crippen molar-refractivity contribution in [1.82, 2.24) is 10.3 Å². The number of hydrogen-bond donors (Lipinski definition) is 2. The number of hydrogen-bond acceptors (Lipinski definition) is 4. The van der Waals surface area contributed by atoms with Gasteiger partial charge in [-0.15, -0.1) is 0 Å². The van der Waals surface area contributed by atoms with Gasteiger partial charge in [-0.3, -0.25) is 0 Å². The van der Waals surface area contributed by atoms with E-state index in [-0.39, 0.29) is 17.5 Å². The van der Waals surface area contributed by atoms with E-state index in [4.69, 9.17) is 5.26 Å². The molecule has 0 spiro atoms. The van der Waals surface area contributed by atoms with E-state index in [0.29, 0.717) is 11.4 Å². The first-order valence-corrected chi connectivity index (χ1v) is 6.31. The molecule has 19 heavy (non-hydrogen) atoms. The molecule has 1 aromatic rings. The third-order valence-corrected chi connectivity index (χ3v) is 3.35. The molecule has 1 heterocycles. The first kappa shape index (κ1) is 15.3. The molecule has 1 atom stereocenters. The minimum atomic E-state index is -0.322. The Labute approximate surface area is 119 Å². The first-order valence-electron chi connectivity index (χ1n) is 5.91. The van der Waals surface area contributed by atoms with Crippen LogP contribution < -0.4 is 9.62 Å². The predicted octanol–water partition coefficient (Wildman–Crippen LogP) is 2.75. The van der Waals surface area contributed by atoms with Gasteiger partial charge in [0, 0.05) is 6.04 Å². The summed E-state index contributed by atoms with van der Waals surface area (Å²) >= 11 is 4.15. The van der Waals surface area contributed by atoms with Crippen LogP contribution in [0.5, 0.6) is 0 Å². The summed E-state index contributed by atoms with van der Waals surface area (Å²) in [7, 11) is 0. The summed E-state index contributed by atoms with van der Waals surface area (Å²) in [4.78, 5) is 15.9. The standard InChI is InChI=1S/C13H18N4OS/c1-9(13(2,3)4)16-12(18)17(19)11-6-5-10(7-14)15-8-11/h5-6,8-9,19H,1-4H3,(H,16,18). The fourth-order valence-electron chi connectivity index (χ4n) is 1.16. The lowest BCUT2D eigenvalue weighted by molar-refractivity contribution is 0.231. The minimum absolute atomic E-state index is 0.000917. The Balaban J connectivity index is 2.74. The summed E-state index contributed by atoms with van der Waals surface area (Å²) in [6.45, 7) is 8.08. The zero-order valence-corrected chi connectivity index (χ0v) is 12.4. The van der Waals surface area contributed by atoms with Crippen LogP contribution in [0.2, 0.25) is 0 Å². The Morgan fingerprint density at radius 2 is 2.16 bits per heavy atom. The Bertz CT molecular complexity index is 487. The van der Waals surface area contributed by atoms with Crippen molar-refractivity contribution < 1.29 is 4.79 Å². The fraction of sp³-hybridized carbons (Fsp3) is 0.462. The van der Waals surface area contributed by atoms with Crippen LogP contribution in [0.1, 0.15) is 33.4 Å². The van der Waals surface area contributed by atoms with Gasteiger partial charge in [0.15, 0.2) is 0 Å². The van der Waals surface area contributed by atoms with Crippen molar-refractivity contribution in [3.8, 4) is 6.07 Å². The normalized spacial score (nSPS) is 12.4. The van der Waals surface area contributed by atoms with E-state index in [1.165, 1.54) is 10.5 Å². The van der Waals surface area contributed by atoms with Crippen LogP contribution in [0.3, 0.4) is 0 Å². The summed E-state index contributed by atoms with van der Waals surface area (Å²) in [6.07, 6.45) is 1.44. The third-order valence-electron chi connectivity index (χ3n) is 2.94. The highest BCUT2D eigenvalue weighted by Gasteiger charge is 2.23. The maximum absolute atomic E-state index is 12.0. The topological polar surface area (TPSA) is 69.0 Å². The fourth-order valence-corrected chi connectivity index (χ4v) is 1.33. The van der Waals surface area contributed by atoms with E-state index in [0.717, 1.165) is 0 Å². The van der Waals surface area contributed by atoms with Gasteiger partial charge in [-0.2, -0.15) is 5.26 Å². The van der Waals surface area contributed by atoms with Crippen LogP contribution in [0.15, 0.2) is 18.3 Å². The van der Waals surface area contributed by atoms with Crippen LogP contribution in [0, 0.1) is 16.7 Å². The summed E-state index contributed by atoms with van der Waals surface area (Å²) < 4.78 is 1.18. The second-order valence-corrected chi connectivity index (χ2v) is 5.76. The molecule has 102 valence electrons. The minimum Gasteiger partial charge on any atom is -0.334 e. The van der Waals surface area contributed by atoms with Gasteiger partial charge in [0.05, 0.1) is 11.9 Å². The molecule has 5 nitrogen and oxygen atoms in total. The highest BCUT2D eigenvalue weighted by molar-refractivity contribution is 7.82. The predicted molar refractivity (Wildman–Crippen MR) is 77.9 cm³/mol. The van der Waals surface area contributed by atoms with Gasteiger partial charge in [-0.1, -0.05) is 33.6 Å². The van der Waals surface area contributed by atoms with Gasteiger partial charge >= 0.3 is 6.03 Å². The van der Waals surface area contributed by atoms with E-state index in [9.17, 15) is 4.79 Å². The average Bonchev–Trinajstić information content (AvgIpc) is 2.36. The molecule has 0 aliphatic carbocycles. The summed E-state index contributed by atoms with van der Waals surface area (Å²) in [5.41, 5.74) is 0.780. The highest BCUT2D eigenvalue weighted by atomic mass is 32.1. The zero-order chi connectivity index (χ0) is 14.6. The number of nitriles is 1. The maximum Gasteiger partial charge on any atom is 0.332 e. The number of urea groups is 1. The lowest BCUT2D eigenvalue weighted by Gasteiger charge is -2.29. The quantitative estimate of drug-likeness (QED) is 0.817. The van der Waals surface area contributed by atoms with Gasteiger partial charge in [-0.05, 0) is 24.5 Å². The van der Waals surface area contributed by atoms with Crippen LogP contribution in [0.4, 0.5) is 10.5 Å². The number of carbonyl (C=O) groups excluding carboxylic acids is 1. The SMILES string of the molecule is CC(NC(=O)N(S)c1ccc(C#N)nc1)C(C)(C)C. The molecule has 0 saturated heterocycles. The lowest BCUT2D eigenvalue weighted by atomic mass is 9.88. The highest BCUT2D eigenvalue weighted by Crippen LogP contribution is 2.20. The number of rotatable bonds is 2. The van der Waals surface area contributed by atoms with Gasteiger partial charge in [0.1, 0.15) is 11.8 Å². The van der Waals surface area contributed by atoms with E-state index in [2.05, 4.69) is 23.1 Å². The number of nitrogens with zero attached hydrogens (tertiary/aromatic N) is 3. The maximum atomic E-state index is 12.0.